The van der Waals surface area contributed by atoms with Crippen molar-refractivity contribution in [2.75, 3.05) is 18.4 Å². The van der Waals surface area contributed by atoms with Gasteiger partial charge >= 0.3 is 0 Å². The van der Waals surface area contributed by atoms with Crippen LogP contribution in [0.2, 0.25) is 0 Å². The van der Waals surface area contributed by atoms with Crippen molar-refractivity contribution in [3.63, 3.8) is 0 Å². The lowest BCUT2D eigenvalue weighted by Crippen LogP contribution is -2.38. The molecule has 170 valence electrons. The van der Waals surface area contributed by atoms with Crippen LogP contribution in [0.15, 0.2) is 79.6 Å². The monoisotopic (exact) mass is 451 g/mol. The zero-order chi connectivity index (χ0) is 23.9. The minimum Gasteiger partial charge on any atom is -0.457 e. The first-order chi connectivity index (χ1) is 16.6. The molecular formula is C27H25N5O2. The number of aromatic nitrogens is 1. The van der Waals surface area contributed by atoms with Crippen molar-refractivity contribution in [2.24, 2.45) is 0 Å². The van der Waals surface area contributed by atoms with Gasteiger partial charge in [0.2, 0.25) is 5.91 Å². The highest BCUT2D eigenvalue weighted by molar-refractivity contribution is 6.14. The molecule has 0 unspecified atom stereocenters. The van der Waals surface area contributed by atoms with Gasteiger partial charge in [-0.25, -0.2) is 0 Å². The fourth-order valence-corrected chi connectivity index (χ4v) is 4.07. The molecular weight excluding hydrogens is 426 g/mol. The second-order valence-corrected chi connectivity index (χ2v) is 7.95. The maximum absolute atomic E-state index is 12.1. The number of para-hydroxylation sites is 1. The van der Waals surface area contributed by atoms with E-state index in [0.29, 0.717) is 41.2 Å². The van der Waals surface area contributed by atoms with Crippen molar-refractivity contribution in [3.8, 4) is 17.6 Å². The van der Waals surface area contributed by atoms with Crippen LogP contribution in [0.25, 0.3) is 0 Å². The Morgan fingerprint density at radius 3 is 2.65 bits per heavy atom. The summed E-state index contributed by atoms with van der Waals surface area (Å²) in [5.74, 6) is 1.31. The number of carbonyl (C=O) groups excluding carboxylic acids is 1. The number of pyridine rings is 1. The summed E-state index contributed by atoms with van der Waals surface area (Å²) < 4.78 is 5.84. The number of benzene rings is 2. The molecule has 7 heteroatoms. The maximum atomic E-state index is 12.1. The highest BCUT2D eigenvalue weighted by atomic mass is 16.5. The summed E-state index contributed by atoms with van der Waals surface area (Å²) in [6.45, 7) is 4.75. The predicted molar refractivity (Wildman–Crippen MR) is 131 cm³/mol. The smallest absolute Gasteiger partial charge is 0.246 e. The average molecular weight is 452 g/mol. The van der Waals surface area contributed by atoms with E-state index in [0.717, 1.165) is 18.6 Å². The van der Waals surface area contributed by atoms with E-state index in [2.05, 4.69) is 22.9 Å². The molecule has 7 nitrogen and oxygen atoms in total. The number of ether oxygens (including phenoxy) is 1. The van der Waals surface area contributed by atoms with Crippen molar-refractivity contribution in [3.05, 3.63) is 96.3 Å². The Labute approximate surface area is 198 Å². The molecule has 1 aromatic heterocycles. The lowest BCUT2D eigenvalue weighted by atomic mass is 10.00. The van der Waals surface area contributed by atoms with Gasteiger partial charge < -0.3 is 15.0 Å². The van der Waals surface area contributed by atoms with Crippen LogP contribution in [0.3, 0.4) is 0 Å². The van der Waals surface area contributed by atoms with E-state index in [9.17, 15) is 10.1 Å². The number of anilines is 1. The first-order valence-corrected chi connectivity index (χ1v) is 11.1. The third kappa shape index (κ3) is 4.97. The third-order valence-electron chi connectivity index (χ3n) is 5.81. The van der Waals surface area contributed by atoms with Crippen LogP contribution in [0.5, 0.6) is 11.5 Å². The van der Waals surface area contributed by atoms with E-state index < -0.39 is 0 Å². The molecule has 0 radical (unpaired) electrons. The summed E-state index contributed by atoms with van der Waals surface area (Å²) in [6, 6.07) is 18.9. The number of rotatable bonds is 8. The van der Waals surface area contributed by atoms with Crippen LogP contribution in [0, 0.1) is 16.7 Å². The SMILES string of the molecule is C=CC(=O)N1CCC[C@H]1CNc1c(C#N)cncc1C(=N)c1ccc(Oc2ccccc2)cc1. The molecule has 2 N–H and O–H groups in total. The van der Waals surface area contributed by atoms with Crippen LogP contribution < -0.4 is 10.1 Å². The zero-order valence-corrected chi connectivity index (χ0v) is 18.7. The first kappa shape index (κ1) is 22.7. The molecule has 0 bridgehead atoms. The Morgan fingerprint density at radius 2 is 1.94 bits per heavy atom. The number of nitrogens with zero attached hydrogens (tertiary/aromatic N) is 3. The van der Waals surface area contributed by atoms with E-state index in [-0.39, 0.29) is 17.7 Å². The number of hydrogen-bond acceptors (Lipinski definition) is 6. The fraction of sp³-hybridized carbons (Fsp3) is 0.185. The molecule has 0 saturated carbocycles. The van der Waals surface area contributed by atoms with E-state index in [1.807, 2.05) is 54.6 Å². The van der Waals surface area contributed by atoms with Gasteiger partial charge in [0.25, 0.3) is 0 Å². The molecule has 1 fully saturated rings. The summed E-state index contributed by atoms with van der Waals surface area (Å²) in [6.07, 6.45) is 6.19. The van der Waals surface area contributed by atoms with Gasteiger partial charge in [-0.1, -0.05) is 24.8 Å². The summed E-state index contributed by atoms with van der Waals surface area (Å²) >= 11 is 0. The molecule has 2 aromatic carbocycles. The van der Waals surface area contributed by atoms with Crippen LogP contribution in [0.1, 0.15) is 29.5 Å². The number of nitrogens with one attached hydrogen (secondary N) is 2. The van der Waals surface area contributed by atoms with Crippen molar-refractivity contribution in [1.29, 1.82) is 10.7 Å². The number of nitriles is 1. The third-order valence-corrected chi connectivity index (χ3v) is 5.81. The fourth-order valence-electron chi connectivity index (χ4n) is 4.07. The highest BCUT2D eigenvalue weighted by Crippen LogP contribution is 2.26. The zero-order valence-electron chi connectivity index (χ0n) is 18.7. The Balaban J connectivity index is 1.53. The minimum absolute atomic E-state index is 0.00154. The van der Waals surface area contributed by atoms with E-state index >= 15 is 0 Å². The molecule has 0 aliphatic carbocycles. The van der Waals surface area contributed by atoms with Gasteiger partial charge in [-0.15, -0.1) is 0 Å². The van der Waals surface area contributed by atoms with E-state index in [1.54, 1.807) is 11.1 Å². The molecule has 2 heterocycles. The first-order valence-electron chi connectivity index (χ1n) is 11.1. The highest BCUT2D eigenvalue weighted by Gasteiger charge is 2.27. The summed E-state index contributed by atoms with van der Waals surface area (Å²) in [5.41, 5.74) is 2.33. The molecule has 34 heavy (non-hydrogen) atoms. The topological polar surface area (TPSA) is 102 Å². The second kappa shape index (κ2) is 10.5. The molecule has 1 atom stereocenters. The normalized spacial score (nSPS) is 14.8. The van der Waals surface area contributed by atoms with Crippen molar-refractivity contribution in [1.82, 2.24) is 9.88 Å². The lowest BCUT2D eigenvalue weighted by molar-refractivity contribution is -0.126. The Kier molecular flexibility index (Phi) is 6.99. The summed E-state index contributed by atoms with van der Waals surface area (Å²) in [5, 5.41) is 21.8. The molecule has 4 rings (SSSR count). The lowest BCUT2D eigenvalue weighted by Gasteiger charge is -2.25. The van der Waals surface area contributed by atoms with Gasteiger partial charge in [-0.3, -0.25) is 15.2 Å². The van der Waals surface area contributed by atoms with Crippen LogP contribution in [-0.2, 0) is 4.79 Å². The van der Waals surface area contributed by atoms with Crippen molar-refractivity contribution in [2.45, 2.75) is 18.9 Å². The maximum Gasteiger partial charge on any atom is 0.246 e. The average Bonchev–Trinajstić information content (AvgIpc) is 3.36. The molecule has 1 aliphatic rings. The van der Waals surface area contributed by atoms with E-state index in [1.165, 1.54) is 12.3 Å². The number of hydrogen-bond donors (Lipinski definition) is 2. The Morgan fingerprint density at radius 1 is 1.21 bits per heavy atom. The van der Waals surface area contributed by atoms with Gasteiger partial charge in [-0.2, -0.15) is 5.26 Å². The van der Waals surface area contributed by atoms with Crippen LogP contribution in [-0.4, -0.2) is 40.6 Å². The van der Waals surface area contributed by atoms with Crippen LogP contribution in [0.4, 0.5) is 5.69 Å². The van der Waals surface area contributed by atoms with Gasteiger partial charge in [0.05, 0.1) is 17.0 Å². The van der Waals surface area contributed by atoms with E-state index in [4.69, 9.17) is 10.1 Å². The Bertz CT molecular complexity index is 1230. The predicted octanol–water partition coefficient (Wildman–Crippen LogP) is 4.75. The summed E-state index contributed by atoms with van der Waals surface area (Å²) in [7, 11) is 0. The number of carbonyl (C=O) groups is 1. The van der Waals surface area contributed by atoms with Crippen LogP contribution >= 0.6 is 0 Å². The van der Waals surface area contributed by atoms with Crippen molar-refractivity contribution < 1.29 is 9.53 Å². The quantitative estimate of drug-likeness (QED) is 0.380. The molecule has 1 saturated heterocycles. The van der Waals surface area contributed by atoms with Gasteiger partial charge in [0.15, 0.2) is 0 Å². The van der Waals surface area contributed by atoms with Crippen molar-refractivity contribution >= 4 is 17.3 Å². The van der Waals surface area contributed by atoms with Gasteiger partial charge in [0.1, 0.15) is 17.6 Å². The molecule has 1 amide bonds. The molecule has 0 spiro atoms. The number of amides is 1. The van der Waals surface area contributed by atoms with Gasteiger partial charge in [0, 0.05) is 42.7 Å². The standard InChI is InChI=1S/C27H25N5O2/c1-2-25(33)32-14-6-7-21(32)17-31-27-20(15-28)16-30-18-24(27)26(29)19-10-12-23(13-11-19)34-22-8-4-3-5-9-22/h2-5,8-13,16,18,21,29H,1,6-7,14,17H2,(H,30,31)/t21-/m0/s1. The Hall–Kier alpha value is -4.44. The molecule has 1 aliphatic heterocycles. The molecule has 3 aromatic rings. The summed E-state index contributed by atoms with van der Waals surface area (Å²) in [4.78, 5) is 18.1. The second-order valence-electron chi connectivity index (χ2n) is 7.95. The minimum atomic E-state index is -0.0923. The largest absolute Gasteiger partial charge is 0.457 e. The number of likely N-dealkylation sites (tertiary alicyclic amines) is 1. The van der Waals surface area contributed by atoms with Gasteiger partial charge in [-0.05, 0) is 55.3 Å².